The molecule has 5 rings (SSSR count). The van der Waals surface area contributed by atoms with Crippen molar-refractivity contribution in [1.29, 1.82) is 0 Å². The molecule has 1 aliphatic heterocycles. The number of imide groups is 1. The fourth-order valence-electron chi connectivity index (χ4n) is 4.15. The molecule has 1 unspecified atom stereocenters. The molecule has 7 nitrogen and oxygen atoms in total. The Morgan fingerprint density at radius 3 is 2.84 bits per heavy atom. The fourth-order valence-corrected chi connectivity index (χ4v) is 4.15. The van der Waals surface area contributed by atoms with E-state index in [1.165, 1.54) is 0 Å². The number of carbonyl (C=O) groups is 2. The highest BCUT2D eigenvalue weighted by Crippen LogP contribution is 2.47. The molecule has 1 saturated carbocycles. The molecule has 1 N–H and O–H groups in total. The van der Waals surface area contributed by atoms with Crippen LogP contribution in [0.5, 0.6) is 0 Å². The molecular formula is C18H17N5O2. The van der Waals surface area contributed by atoms with Crippen molar-refractivity contribution < 1.29 is 9.59 Å². The van der Waals surface area contributed by atoms with Crippen LogP contribution in [-0.2, 0) is 4.79 Å². The largest absolute Gasteiger partial charge is 0.332 e. The molecule has 126 valence electrons. The Hall–Kier alpha value is -2.96. The van der Waals surface area contributed by atoms with Crippen LogP contribution in [0, 0.1) is 11.8 Å². The summed E-state index contributed by atoms with van der Waals surface area (Å²) in [5, 5.41) is 11.0. The van der Waals surface area contributed by atoms with Crippen LogP contribution < -0.4 is 10.2 Å². The van der Waals surface area contributed by atoms with Crippen molar-refractivity contribution in [3.63, 3.8) is 0 Å². The average Bonchev–Trinajstić information content (AvgIpc) is 3.13. The van der Waals surface area contributed by atoms with Crippen LogP contribution in [0.1, 0.15) is 19.3 Å². The second-order valence-electron chi connectivity index (χ2n) is 6.96. The van der Waals surface area contributed by atoms with Crippen molar-refractivity contribution in [2.75, 3.05) is 4.90 Å². The predicted molar refractivity (Wildman–Crippen MR) is 90.8 cm³/mol. The number of fused-ring (bicyclic) bond motifs is 1. The molecule has 25 heavy (non-hydrogen) atoms. The lowest BCUT2D eigenvalue weighted by molar-refractivity contribution is -0.127. The van der Waals surface area contributed by atoms with Crippen molar-refractivity contribution >= 4 is 23.5 Å². The number of anilines is 1. The van der Waals surface area contributed by atoms with E-state index in [9.17, 15) is 9.59 Å². The first-order valence-electron chi connectivity index (χ1n) is 8.48. The number of carbonyl (C=O) groups excluding carboxylic acids is 2. The molecule has 1 saturated heterocycles. The fraction of sp³-hybridized carbons (Fsp3) is 0.333. The van der Waals surface area contributed by atoms with Gasteiger partial charge in [-0.2, -0.15) is 4.90 Å². The Kier molecular flexibility index (Phi) is 2.89. The second-order valence-corrected chi connectivity index (χ2v) is 6.96. The summed E-state index contributed by atoms with van der Waals surface area (Å²) in [6, 6.07) is 5.02. The van der Waals surface area contributed by atoms with E-state index in [2.05, 4.69) is 33.7 Å². The second kappa shape index (κ2) is 5.02. The maximum atomic E-state index is 13.0. The molecule has 0 radical (unpaired) electrons. The number of rotatable bonds is 2. The molecule has 2 aliphatic carbocycles. The number of hydrogen-bond donors (Lipinski definition) is 1. The molecule has 7 heteroatoms. The Balaban J connectivity index is 1.41. The Labute approximate surface area is 144 Å². The molecule has 2 aromatic rings. The van der Waals surface area contributed by atoms with Crippen molar-refractivity contribution in [3.8, 4) is 0 Å². The minimum atomic E-state index is -0.780. The van der Waals surface area contributed by atoms with Gasteiger partial charge in [-0.1, -0.05) is 30.4 Å². The van der Waals surface area contributed by atoms with Gasteiger partial charge in [-0.05, 0) is 43.2 Å². The van der Waals surface area contributed by atoms with Crippen LogP contribution in [0.15, 0.2) is 48.7 Å². The standard InChI is InChI=1S/C18H17N5O2/c24-15-18(10-13(11-18)12-6-2-1-3-7-12)19-17(25)23(15)16-21-20-14-8-4-5-9-22(14)16/h1-6,8-9,12-13H,7,10-11H2,(H,19,25). The quantitative estimate of drug-likeness (QED) is 0.852. The summed E-state index contributed by atoms with van der Waals surface area (Å²) in [6.07, 6.45) is 12.6. The molecule has 3 heterocycles. The zero-order valence-electron chi connectivity index (χ0n) is 13.5. The van der Waals surface area contributed by atoms with Crippen molar-refractivity contribution in [1.82, 2.24) is 19.9 Å². The van der Waals surface area contributed by atoms with Crippen molar-refractivity contribution in [2.45, 2.75) is 24.8 Å². The number of amides is 3. The van der Waals surface area contributed by atoms with Crippen LogP contribution in [0.4, 0.5) is 10.7 Å². The molecular weight excluding hydrogens is 318 g/mol. The summed E-state index contributed by atoms with van der Waals surface area (Å²) in [5.41, 5.74) is -0.179. The lowest BCUT2D eigenvalue weighted by atomic mass is 9.62. The van der Waals surface area contributed by atoms with Gasteiger partial charge in [0.2, 0.25) is 5.95 Å². The highest BCUT2D eigenvalue weighted by atomic mass is 16.2. The Bertz CT molecular complexity index is 938. The number of nitrogens with zero attached hydrogens (tertiary/aromatic N) is 4. The Morgan fingerprint density at radius 1 is 1.16 bits per heavy atom. The van der Waals surface area contributed by atoms with E-state index in [4.69, 9.17) is 0 Å². The highest BCUT2D eigenvalue weighted by Gasteiger charge is 2.60. The lowest BCUT2D eigenvalue weighted by Crippen LogP contribution is -2.58. The zero-order valence-corrected chi connectivity index (χ0v) is 13.5. The minimum Gasteiger partial charge on any atom is -0.323 e. The summed E-state index contributed by atoms with van der Waals surface area (Å²) in [4.78, 5) is 26.7. The number of pyridine rings is 1. The third kappa shape index (κ3) is 1.98. The zero-order chi connectivity index (χ0) is 17.0. The van der Waals surface area contributed by atoms with Gasteiger partial charge in [-0.25, -0.2) is 4.79 Å². The van der Waals surface area contributed by atoms with Gasteiger partial charge in [-0.15, -0.1) is 10.2 Å². The maximum absolute atomic E-state index is 13.0. The number of hydrogen-bond acceptors (Lipinski definition) is 4. The highest BCUT2D eigenvalue weighted by molar-refractivity contribution is 6.23. The van der Waals surface area contributed by atoms with Gasteiger partial charge in [0.15, 0.2) is 5.65 Å². The molecule has 2 aromatic heterocycles. The van der Waals surface area contributed by atoms with Crippen molar-refractivity contribution in [3.05, 3.63) is 48.7 Å². The SMILES string of the molecule is O=C1NC2(CC(C3C=CC=CC3)C2)C(=O)N1c1nnc2ccccn12. The predicted octanol–water partition coefficient (Wildman–Crippen LogP) is 2.07. The summed E-state index contributed by atoms with van der Waals surface area (Å²) >= 11 is 0. The first-order chi connectivity index (χ1) is 12.2. The molecule has 0 bridgehead atoms. The van der Waals surface area contributed by atoms with E-state index in [1.54, 1.807) is 16.7 Å². The van der Waals surface area contributed by atoms with Crippen molar-refractivity contribution in [2.24, 2.45) is 11.8 Å². The molecule has 3 amide bonds. The number of allylic oxidation sites excluding steroid dienone is 4. The van der Waals surface area contributed by atoms with Gasteiger partial charge in [0.1, 0.15) is 5.54 Å². The van der Waals surface area contributed by atoms with Crippen LogP contribution in [0.3, 0.4) is 0 Å². The summed E-state index contributed by atoms with van der Waals surface area (Å²) in [7, 11) is 0. The van der Waals surface area contributed by atoms with Gasteiger partial charge in [0.05, 0.1) is 0 Å². The maximum Gasteiger partial charge on any atom is 0.332 e. The smallest absolute Gasteiger partial charge is 0.323 e. The lowest BCUT2D eigenvalue weighted by Gasteiger charge is -2.45. The molecule has 1 atom stereocenters. The van der Waals surface area contributed by atoms with E-state index in [1.807, 2.05) is 18.2 Å². The van der Waals surface area contributed by atoms with Crippen LogP contribution in [0.2, 0.25) is 0 Å². The molecule has 2 fully saturated rings. The first-order valence-corrected chi connectivity index (χ1v) is 8.48. The normalized spacial score (nSPS) is 31.0. The van der Waals surface area contributed by atoms with Gasteiger partial charge in [0.25, 0.3) is 5.91 Å². The van der Waals surface area contributed by atoms with Gasteiger partial charge in [0, 0.05) is 6.20 Å². The van der Waals surface area contributed by atoms with Crippen LogP contribution in [0.25, 0.3) is 5.65 Å². The van der Waals surface area contributed by atoms with E-state index in [0.717, 1.165) is 11.3 Å². The van der Waals surface area contributed by atoms with Crippen LogP contribution >= 0.6 is 0 Å². The van der Waals surface area contributed by atoms with Gasteiger partial charge < -0.3 is 5.32 Å². The summed E-state index contributed by atoms with van der Waals surface area (Å²) in [6.45, 7) is 0. The van der Waals surface area contributed by atoms with Crippen LogP contribution in [-0.4, -0.2) is 32.1 Å². The molecule has 1 spiro atoms. The van der Waals surface area contributed by atoms with E-state index in [0.29, 0.717) is 30.3 Å². The summed E-state index contributed by atoms with van der Waals surface area (Å²) < 4.78 is 1.65. The number of urea groups is 1. The average molecular weight is 335 g/mol. The van der Waals surface area contributed by atoms with Gasteiger partial charge in [-0.3, -0.25) is 9.20 Å². The monoisotopic (exact) mass is 335 g/mol. The van der Waals surface area contributed by atoms with E-state index < -0.39 is 11.6 Å². The Morgan fingerprint density at radius 2 is 2.04 bits per heavy atom. The topological polar surface area (TPSA) is 79.6 Å². The third-order valence-electron chi connectivity index (χ3n) is 5.50. The number of nitrogens with one attached hydrogen (secondary N) is 1. The summed E-state index contributed by atoms with van der Waals surface area (Å²) in [5.74, 6) is 0.894. The minimum absolute atomic E-state index is 0.220. The first kappa shape index (κ1) is 14.4. The van der Waals surface area contributed by atoms with Gasteiger partial charge >= 0.3 is 6.03 Å². The van der Waals surface area contributed by atoms with E-state index in [-0.39, 0.29) is 11.9 Å². The van der Waals surface area contributed by atoms with E-state index >= 15 is 0 Å². The number of aromatic nitrogens is 3. The molecule has 3 aliphatic rings. The third-order valence-corrected chi connectivity index (χ3v) is 5.50. The molecule has 0 aromatic carbocycles.